The van der Waals surface area contributed by atoms with Crippen molar-refractivity contribution in [3.63, 3.8) is 0 Å². The highest BCUT2D eigenvalue weighted by Crippen LogP contribution is 2.30. The van der Waals surface area contributed by atoms with E-state index >= 15 is 0 Å². The van der Waals surface area contributed by atoms with Crippen LogP contribution in [-0.2, 0) is 24.3 Å². The van der Waals surface area contributed by atoms with E-state index in [0.29, 0.717) is 30.5 Å². The fourth-order valence-corrected chi connectivity index (χ4v) is 6.52. The molecule has 1 aromatic carbocycles. The molecule has 0 spiro atoms. The van der Waals surface area contributed by atoms with Gasteiger partial charge >= 0.3 is 0 Å². The van der Waals surface area contributed by atoms with E-state index in [9.17, 15) is 14.0 Å². The third-order valence-corrected chi connectivity index (χ3v) is 8.46. The first-order chi connectivity index (χ1) is 18.9. The first kappa shape index (κ1) is 25.4. The molecule has 11 heteroatoms. The summed E-state index contributed by atoms with van der Waals surface area (Å²) < 4.78 is 16.2. The van der Waals surface area contributed by atoms with Gasteiger partial charge in [-0.2, -0.15) is 0 Å². The fourth-order valence-electron chi connectivity index (χ4n) is 5.44. The van der Waals surface area contributed by atoms with E-state index in [0.717, 1.165) is 41.1 Å². The Balaban J connectivity index is 1.15. The quantitative estimate of drug-likeness (QED) is 0.411. The molecule has 0 aliphatic carbocycles. The number of thiazole rings is 1. The predicted octanol–water partition coefficient (Wildman–Crippen LogP) is 3.61. The molecule has 0 saturated carbocycles. The van der Waals surface area contributed by atoms with E-state index in [2.05, 4.69) is 32.1 Å². The maximum absolute atomic E-state index is 14.3. The lowest BCUT2D eigenvalue weighted by molar-refractivity contribution is -0.134. The summed E-state index contributed by atoms with van der Waals surface area (Å²) in [5.41, 5.74) is 2.71. The molecule has 39 heavy (non-hydrogen) atoms. The number of hydrogen-bond donors (Lipinski definition) is 1. The Morgan fingerprint density at radius 3 is 2.90 bits per heavy atom. The summed E-state index contributed by atoms with van der Waals surface area (Å²) in [5, 5.41) is 4.43. The number of amides is 2. The number of carbonyl (C=O) groups excluding carboxylic acids is 2. The second-order valence-corrected chi connectivity index (χ2v) is 11.3. The van der Waals surface area contributed by atoms with Crippen LogP contribution in [0, 0.1) is 5.82 Å². The third-order valence-electron chi connectivity index (χ3n) is 7.46. The summed E-state index contributed by atoms with van der Waals surface area (Å²) >= 11 is 1.47. The SMILES string of the molecule is CC1CN(c2ccc(F)cc2C(=O)Nc2nc3c(s2)CN(C)CC3)CCN1C(=O)Cn1ccc2cccnc21. The lowest BCUT2D eigenvalue weighted by atomic mass is 10.1. The second-order valence-electron chi connectivity index (χ2n) is 10.2. The van der Waals surface area contributed by atoms with Crippen molar-refractivity contribution in [1.29, 1.82) is 0 Å². The minimum atomic E-state index is -0.474. The van der Waals surface area contributed by atoms with Gasteiger partial charge in [0.25, 0.3) is 5.91 Å². The lowest BCUT2D eigenvalue weighted by Crippen LogP contribution is -2.55. The van der Waals surface area contributed by atoms with E-state index < -0.39 is 5.82 Å². The average Bonchev–Trinajstić information content (AvgIpc) is 3.51. The molecule has 5 heterocycles. The molecule has 202 valence electrons. The normalized spacial score (nSPS) is 17.9. The van der Waals surface area contributed by atoms with Crippen molar-refractivity contribution in [3.05, 3.63) is 70.7 Å². The van der Waals surface area contributed by atoms with Crippen LogP contribution in [0.5, 0.6) is 0 Å². The Kier molecular flexibility index (Phi) is 6.78. The van der Waals surface area contributed by atoms with Crippen LogP contribution >= 0.6 is 11.3 Å². The topological polar surface area (TPSA) is 86.6 Å². The van der Waals surface area contributed by atoms with Crippen LogP contribution in [0.1, 0.15) is 27.9 Å². The predicted molar refractivity (Wildman–Crippen MR) is 150 cm³/mol. The molecule has 1 saturated heterocycles. The smallest absolute Gasteiger partial charge is 0.259 e. The molecular formula is C28H30FN7O2S. The van der Waals surface area contributed by atoms with Crippen molar-refractivity contribution >= 4 is 45.0 Å². The zero-order valence-corrected chi connectivity index (χ0v) is 22.7. The summed E-state index contributed by atoms with van der Waals surface area (Å²) in [7, 11) is 2.06. The van der Waals surface area contributed by atoms with Gasteiger partial charge < -0.3 is 19.3 Å². The number of likely N-dealkylation sites (N-methyl/N-ethyl adjacent to an activating group) is 1. The van der Waals surface area contributed by atoms with Gasteiger partial charge in [0.15, 0.2) is 5.13 Å². The Morgan fingerprint density at radius 1 is 1.18 bits per heavy atom. The number of pyridine rings is 1. The summed E-state index contributed by atoms with van der Waals surface area (Å²) in [6.07, 6.45) is 4.46. The monoisotopic (exact) mass is 547 g/mol. The highest BCUT2D eigenvalue weighted by Gasteiger charge is 2.30. The van der Waals surface area contributed by atoms with E-state index in [1.165, 1.54) is 23.5 Å². The molecule has 2 amide bonds. The molecular weight excluding hydrogens is 517 g/mol. The molecule has 1 unspecified atom stereocenters. The first-order valence-corrected chi connectivity index (χ1v) is 13.9. The standard InChI is InChI=1S/C28H30FN7O2S/c1-18-15-34(12-13-36(18)25(37)17-35-11-7-19-4-3-9-30-26(19)35)23-6-5-20(29)14-21(23)27(38)32-28-31-22-8-10-33(2)16-24(22)39-28/h3-7,9,11,14,18H,8,10,12-13,15-17H2,1-2H3,(H,31,32,38). The second kappa shape index (κ2) is 10.4. The molecule has 1 atom stereocenters. The Morgan fingerprint density at radius 2 is 2.05 bits per heavy atom. The lowest BCUT2D eigenvalue weighted by Gasteiger charge is -2.41. The van der Waals surface area contributed by atoms with Crippen molar-refractivity contribution in [2.45, 2.75) is 32.5 Å². The van der Waals surface area contributed by atoms with Gasteiger partial charge in [-0.05, 0) is 50.4 Å². The Bertz CT molecular complexity index is 1550. The number of carbonyl (C=O) groups is 2. The third kappa shape index (κ3) is 5.11. The number of fused-ring (bicyclic) bond motifs is 2. The van der Waals surface area contributed by atoms with Crippen LogP contribution in [0.2, 0.25) is 0 Å². The minimum Gasteiger partial charge on any atom is -0.367 e. The number of halogens is 1. The van der Waals surface area contributed by atoms with Crippen LogP contribution in [0.15, 0.2) is 48.8 Å². The zero-order chi connectivity index (χ0) is 27.1. The van der Waals surface area contributed by atoms with Crippen molar-refractivity contribution in [2.75, 3.05) is 43.4 Å². The fraction of sp³-hybridized carbons (Fsp3) is 0.357. The average molecular weight is 548 g/mol. The summed E-state index contributed by atoms with van der Waals surface area (Å²) in [6, 6.07) is 10.0. The van der Waals surface area contributed by atoms with E-state index in [-0.39, 0.29) is 30.0 Å². The van der Waals surface area contributed by atoms with E-state index in [4.69, 9.17) is 0 Å². The summed E-state index contributed by atoms with van der Waals surface area (Å²) in [4.78, 5) is 42.9. The van der Waals surface area contributed by atoms with Crippen LogP contribution in [0.25, 0.3) is 11.0 Å². The number of piperazine rings is 1. The van der Waals surface area contributed by atoms with Crippen molar-refractivity contribution in [1.82, 2.24) is 24.3 Å². The van der Waals surface area contributed by atoms with Crippen molar-refractivity contribution < 1.29 is 14.0 Å². The van der Waals surface area contributed by atoms with Crippen LogP contribution in [-0.4, -0.2) is 75.4 Å². The van der Waals surface area contributed by atoms with Gasteiger partial charge in [0.1, 0.15) is 18.0 Å². The molecule has 1 fully saturated rings. The Labute approximate surface area is 229 Å². The highest BCUT2D eigenvalue weighted by molar-refractivity contribution is 7.15. The van der Waals surface area contributed by atoms with E-state index in [1.807, 2.05) is 40.8 Å². The van der Waals surface area contributed by atoms with Gasteiger partial charge in [0.05, 0.1) is 11.3 Å². The molecule has 6 rings (SSSR count). The van der Waals surface area contributed by atoms with Gasteiger partial charge in [0, 0.05) is 73.5 Å². The number of nitrogens with one attached hydrogen (secondary N) is 1. The van der Waals surface area contributed by atoms with Gasteiger partial charge in [-0.1, -0.05) is 0 Å². The molecule has 9 nitrogen and oxygen atoms in total. The molecule has 2 aliphatic rings. The van der Waals surface area contributed by atoms with Gasteiger partial charge in [-0.3, -0.25) is 14.9 Å². The number of aromatic nitrogens is 3. The molecule has 0 bridgehead atoms. The number of hydrogen-bond acceptors (Lipinski definition) is 7. The zero-order valence-electron chi connectivity index (χ0n) is 21.9. The number of nitrogens with zero attached hydrogens (tertiary/aromatic N) is 6. The summed E-state index contributed by atoms with van der Waals surface area (Å²) in [6.45, 7) is 5.51. The molecule has 3 aromatic heterocycles. The van der Waals surface area contributed by atoms with E-state index in [1.54, 1.807) is 12.3 Å². The molecule has 1 N–H and O–H groups in total. The molecule has 0 radical (unpaired) electrons. The summed E-state index contributed by atoms with van der Waals surface area (Å²) in [5.74, 6) is -0.846. The minimum absolute atomic E-state index is 0.0146. The molecule has 2 aliphatic heterocycles. The van der Waals surface area contributed by atoms with Crippen molar-refractivity contribution in [2.24, 2.45) is 0 Å². The highest BCUT2D eigenvalue weighted by atomic mass is 32.1. The van der Waals surface area contributed by atoms with Gasteiger partial charge in [-0.25, -0.2) is 14.4 Å². The van der Waals surface area contributed by atoms with Crippen LogP contribution in [0.3, 0.4) is 0 Å². The van der Waals surface area contributed by atoms with Gasteiger partial charge in [-0.15, -0.1) is 11.3 Å². The number of anilines is 2. The Hall–Kier alpha value is -3.83. The van der Waals surface area contributed by atoms with Gasteiger partial charge in [0.2, 0.25) is 5.91 Å². The molecule has 4 aromatic rings. The van der Waals surface area contributed by atoms with Crippen LogP contribution < -0.4 is 10.2 Å². The number of rotatable bonds is 5. The van der Waals surface area contributed by atoms with Crippen molar-refractivity contribution in [3.8, 4) is 0 Å². The first-order valence-electron chi connectivity index (χ1n) is 13.1. The number of benzene rings is 1. The van der Waals surface area contributed by atoms with Crippen LogP contribution in [0.4, 0.5) is 15.2 Å². The maximum atomic E-state index is 14.3. The maximum Gasteiger partial charge on any atom is 0.259 e. The largest absolute Gasteiger partial charge is 0.367 e.